The van der Waals surface area contributed by atoms with E-state index in [0.717, 1.165) is 24.9 Å². The monoisotopic (exact) mass is 422 g/mol. The first-order valence-electron chi connectivity index (χ1n) is 8.70. The van der Waals surface area contributed by atoms with E-state index >= 15 is 0 Å². The van der Waals surface area contributed by atoms with Gasteiger partial charge in [-0.15, -0.1) is 12.4 Å². The van der Waals surface area contributed by atoms with Crippen molar-refractivity contribution < 1.29 is 14.3 Å². The molecule has 0 aromatic heterocycles. The molecule has 2 saturated heterocycles. The number of hydrogen-bond donors (Lipinski definition) is 2. The van der Waals surface area contributed by atoms with Gasteiger partial charge in [-0.1, -0.05) is 29.3 Å². The van der Waals surface area contributed by atoms with Crippen molar-refractivity contribution in [2.45, 2.75) is 30.7 Å². The van der Waals surface area contributed by atoms with E-state index in [1.165, 1.54) is 0 Å². The van der Waals surface area contributed by atoms with Crippen molar-refractivity contribution in [1.29, 1.82) is 0 Å². The molecule has 2 fully saturated rings. The highest BCUT2D eigenvalue weighted by Gasteiger charge is 2.36. The molecule has 1 atom stereocenters. The van der Waals surface area contributed by atoms with E-state index in [-0.39, 0.29) is 29.8 Å². The lowest BCUT2D eigenvalue weighted by Crippen LogP contribution is -2.48. The summed E-state index contributed by atoms with van der Waals surface area (Å²) in [5, 5.41) is 7.66. The average molecular weight is 424 g/mol. The number of rotatable bonds is 5. The molecule has 26 heavy (non-hydrogen) atoms. The van der Waals surface area contributed by atoms with Crippen LogP contribution in [-0.2, 0) is 19.7 Å². The second-order valence-electron chi connectivity index (χ2n) is 6.72. The van der Waals surface area contributed by atoms with Crippen LogP contribution in [0.3, 0.4) is 0 Å². The fraction of sp³-hybridized carbons (Fsp3) is 0.611. The number of carbonyl (C=O) groups is 1. The minimum Gasteiger partial charge on any atom is -0.381 e. The molecule has 3 rings (SSSR count). The van der Waals surface area contributed by atoms with Crippen LogP contribution in [0, 0.1) is 0 Å². The maximum atomic E-state index is 12.4. The van der Waals surface area contributed by atoms with Gasteiger partial charge >= 0.3 is 0 Å². The Morgan fingerprint density at radius 1 is 1.23 bits per heavy atom. The Morgan fingerprint density at radius 2 is 2.00 bits per heavy atom. The van der Waals surface area contributed by atoms with Gasteiger partial charge in [0.05, 0.1) is 13.2 Å². The van der Waals surface area contributed by atoms with Crippen molar-refractivity contribution in [3.63, 3.8) is 0 Å². The Kier molecular flexibility index (Phi) is 8.45. The van der Waals surface area contributed by atoms with E-state index in [4.69, 9.17) is 32.7 Å². The van der Waals surface area contributed by atoms with Gasteiger partial charge in [0.1, 0.15) is 0 Å². The summed E-state index contributed by atoms with van der Waals surface area (Å²) >= 11 is 12.5. The SMILES string of the molecule is Cl.O=C(CC1COCCN1)NCC1(c2ccc(Cl)cc2Cl)CCOCC1. The molecule has 0 saturated carbocycles. The van der Waals surface area contributed by atoms with Crippen LogP contribution in [0.2, 0.25) is 10.0 Å². The molecule has 5 nitrogen and oxygen atoms in total. The first kappa shape index (κ1) is 21.7. The molecule has 1 aromatic rings. The predicted octanol–water partition coefficient (Wildman–Crippen LogP) is 2.96. The van der Waals surface area contributed by atoms with Gasteiger partial charge in [0.15, 0.2) is 0 Å². The molecule has 2 aliphatic rings. The van der Waals surface area contributed by atoms with Crippen LogP contribution in [0.1, 0.15) is 24.8 Å². The third-order valence-corrected chi connectivity index (χ3v) is 5.55. The molecule has 0 radical (unpaired) electrons. The minimum atomic E-state index is -0.216. The van der Waals surface area contributed by atoms with Crippen molar-refractivity contribution in [3.05, 3.63) is 33.8 Å². The van der Waals surface area contributed by atoms with E-state index in [1.54, 1.807) is 6.07 Å². The van der Waals surface area contributed by atoms with Crippen LogP contribution in [-0.4, -0.2) is 51.5 Å². The van der Waals surface area contributed by atoms with Gasteiger partial charge in [-0.25, -0.2) is 0 Å². The van der Waals surface area contributed by atoms with Crippen LogP contribution in [0.25, 0.3) is 0 Å². The van der Waals surface area contributed by atoms with Crippen molar-refractivity contribution >= 4 is 41.5 Å². The topological polar surface area (TPSA) is 59.6 Å². The van der Waals surface area contributed by atoms with E-state index in [1.807, 2.05) is 12.1 Å². The van der Waals surface area contributed by atoms with E-state index in [2.05, 4.69) is 10.6 Å². The molecule has 1 unspecified atom stereocenters. The molecular formula is C18H25Cl3N2O3. The quantitative estimate of drug-likeness (QED) is 0.764. The van der Waals surface area contributed by atoms with Crippen LogP contribution in [0.5, 0.6) is 0 Å². The van der Waals surface area contributed by atoms with Gasteiger partial charge in [-0.05, 0) is 30.5 Å². The number of carbonyl (C=O) groups excluding carboxylic acids is 1. The lowest BCUT2D eigenvalue weighted by atomic mass is 9.74. The molecular weight excluding hydrogens is 399 g/mol. The molecule has 2 heterocycles. The Hall–Kier alpha value is -0.560. The molecule has 1 aromatic carbocycles. The molecule has 8 heteroatoms. The summed E-state index contributed by atoms with van der Waals surface area (Å²) in [7, 11) is 0. The highest BCUT2D eigenvalue weighted by Crippen LogP contribution is 2.39. The summed E-state index contributed by atoms with van der Waals surface area (Å²) in [6.07, 6.45) is 2.06. The summed E-state index contributed by atoms with van der Waals surface area (Å²) in [6, 6.07) is 5.67. The largest absolute Gasteiger partial charge is 0.381 e. The normalized spacial score (nSPS) is 22.3. The number of hydrogen-bond acceptors (Lipinski definition) is 4. The van der Waals surface area contributed by atoms with Crippen molar-refractivity contribution in [2.75, 3.05) is 39.5 Å². The first-order chi connectivity index (χ1) is 12.1. The summed E-state index contributed by atoms with van der Waals surface area (Å²) in [5.74, 6) is 0.0268. The van der Waals surface area contributed by atoms with Crippen LogP contribution >= 0.6 is 35.6 Å². The smallest absolute Gasteiger partial charge is 0.221 e. The molecule has 1 amide bonds. The number of benzene rings is 1. The molecule has 2 N–H and O–H groups in total. The maximum Gasteiger partial charge on any atom is 0.221 e. The maximum absolute atomic E-state index is 12.4. The first-order valence-corrected chi connectivity index (χ1v) is 9.46. The standard InChI is InChI=1S/C18H24Cl2N2O3.ClH/c19-13-1-2-15(16(20)9-13)18(3-6-24-7-4-18)12-22-17(23)10-14-11-25-8-5-21-14;/h1-2,9,14,21H,3-8,10-12H2,(H,22,23);1H. The van der Waals surface area contributed by atoms with Crippen LogP contribution in [0.15, 0.2) is 18.2 Å². The zero-order chi connectivity index (χ0) is 17.7. The predicted molar refractivity (Wildman–Crippen MR) is 106 cm³/mol. The van der Waals surface area contributed by atoms with Gasteiger partial charge in [0.2, 0.25) is 5.91 Å². The van der Waals surface area contributed by atoms with Gasteiger partial charge < -0.3 is 20.1 Å². The average Bonchev–Trinajstić information content (AvgIpc) is 2.62. The molecule has 0 aliphatic carbocycles. The summed E-state index contributed by atoms with van der Waals surface area (Å²) in [6.45, 7) is 3.94. The van der Waals surface area contributed by atoms with Gasteiger partial charge in [0, 0.05) is 54.2 Å². The van der Waals surface area contributed by atoms with E-state index < -0.39 is 0 Å². The third kappa shape index (κ3) is 5.47. The number of ether oxygens (including phenoxy) is 2. The fourth-order valence-electron chi connectivity index (χ4n) is 3.54. The highest BCUT2D eigenvalue weighted by molar-refractivity contribution is 6.35. The summed E-state index contributed by atoms with van der Waals surface area (Å²) in [4.78, 5) is 12.4. The van der Waals surface area contributed by atoms with Gasteiger partial charge in [0.25, 0.3) is 0 Å². The second kappa shape index (κ2) is 10.1. The van der Waals surface area contributed by atoms with Crippen molar-refractivity contribution in [2.24, 2.45) is 0 Å². The zero-order valence-electron chi connectivity index (χ0n) is 14.6. The Morgan fingerprint density at radius 3 is 2.65 bits per heavy atom. The number of morpholine rings is 1. The highest BCUT2D eigenvalue weighted by atomic mass is 35.5. The molecule has 2 aliphatic heterocycles. The van der Waals surface area contributed by atoms with Crippen molar-refractivity contribution in [1.82, 2.24) is 10.6 Å². The Labute approximate surface area is 170 Å². The summed E-state index contributed by atoms with van der Waals surface area (Å²) < 4.78 is 10.9. The number of amides is 1. The molecule has 0 bridgehead atoms. The minimum absolute atomic E-state index is 0. The zero-order valence-corrected chi connectivity index (χ0v) is 16.9. The van der Waals surface area contributed by atoms with Crippen molar-refractivity contribution in [3.8, 4) is 0 Å². The molecule has 0 spiro atoms. The fourth-order valence-corrected chi connectivity index (χ4v) is 4.15. The second-order valence-corrected chi connectivity index (χ2v) is 7.57. The van der Waals surface area contributed by atoms with Gasteiger partial charge in [-0.3, -0.25) is 4.79 Å². The lowest BCUT2D eigenvalue weighted by molar-refractivity contribution is -0.122. The van der Waals surface area contributed by atoms with Crippen LogP contribution in [0.4, 0.5) is 0 Å². The third-order valence-electron chi connectivity index (χ3n) is 5.01. The summed E-state index contributed by atoms with van der Waals surface area (Å²) in [5.41, 5.74) is 0.813. The van der Waals surface area contributed by atoms with E-state index in [9.17, 15) is 4.79 Å². The lowest BCUT2D eigenvalue weighted by Gasteiger charge is -2.38. The van der Waals surface area contributed by atoms with E-state index in [0.29, 0.717) is 49.4 Å². The Balaban J connectivity index is 0.00000243. The van der Waals surface area contributed by atoms with Gasteiger partial charge in [-0.2, -0.15) is 0 Å². The van der Waals surface area contributed by atoms with Crippen LogP contribution < -0.4 is 10.6 Å². The Bertz CT molecular complexity index is 603. The molecule has 146 valence electrons. The number of nitrogens with one attached hydrogen (secondary N) is 2. The number of halogens is 3.